The molecule has 3 unspecified atom stereocenters. The van der Waals surface area contributed by atoms with Crippen LogP contribution in [0.15, 0.2) is 127 Å². The first-order valence-electron chi connectivity index (χ1n) is 43.4. The number of ether oxygens (including phenoxy) is 8. The molecule has 7 heterocycles. The van der Waals surface area contributed by atoms with Gasteiger partial charge in [0.15, 0.2) is 0 Å². The minimum absolute atomic E-state index is 0.266. The minimum Gasteiger partial charge on any atom is -0.494 e. The number of aromatic nitrogens is 3. The Balaban J connectivity index is 0.000000174. The lowest BCUT2D eigenvalue weighted by Crippen LogP contribution is -2.41. The van der Waals surface area contributed by atoms with E-state index in [1.54, 1.807) is 7.11 Å². The Morgan fingerprint density at radius 2 is 0.754 bits per heavy atom. The van der Waals surface area contributed by atoms with Gasteiger partial charge < -0.3 is 63.5 Å². The summed E-state index contributed by atoms with van der Waals surface area (Å²) >= 11 is 19.0. The summed E-state index contributed by atoms with van der Waals surface area (Å²) in [4.78, 5) is 58.3. The number of nitrogens with one attached hydrogen (secondary N) is 5. The Morgan fingerprint density at radius 3 is 1.10 bits per heavy atom. The van der Waals surface area contributed by atoms with Crippen molar-refractivity contribution in [3.63, 3.8) is 0 Å². The van der Waals surface area contributed by atoms with Crippen LogP contribution < -0.4 is 24.8 Å². The van der Waals surface area contributed by atoms with E-state index in [2.05, 4.69) is 80.7 Å². The van der Waals surface area contributed by atoms with Gasteiger partial charge in [0.25, 0.3) is 0 Å². The highest BCUT2D eigenvalue weighted by Crippen LogP contribution is 2.44. The van der Waals surface area contributed by atoms with E-state index in [1.165, 1.54) is 74.6 Å². The molecular weight excluding hydrogens is 1550 g/mol. The second-order valence-corrected chi connectivity index (χ2v) is 34.5. The van der Waals surface area contributed by atoms with E-state index in [1.807, 2.05) is 147 Å². The third-order valence-corrected chi connectivity index (χ3v) is 22.7. The summed E-state index contributed by atoms with van der Waals surface area (Å²) in [5.74, 6) is 3.38. The first-order valence-corrected chi connectivity index (χ1v) is 44.6. The lowest BCUT2D eigenvalue weighted by molar-refractivity contribution is 0.0371. The van der Waals surface area contributed by atoms with Gasteiger partial charge >= 0.3 is 18.3 Å². The number of halogens is 3. The molecule has 6 aromatic carbocycles. The van der Waals surface area contributed by atoms with Crippen LogP contribution in [0, 0.1) is 17.8 Å². The second-order valence-electron chi connectivity index (χ2n) is 33.2. The van der Waals surface area contributed by atoms with E-state index < -0.39 is 0 Å². The molecule has 0 aliphatic carbocycles. The molecule has 13 rings (SSSR count). The lowest BCUT2D eigenvalue weighted by Gasteiger charge is -2.35. The number of benzene rings is 6. The molecule has 0 saturated carbocycles. The number of methoxy groups -OCH3 is 1. The minimum atomic E-state index is -0.286. The van der Waals surface area contributed by atoms with Crippen molar-refractivity contribution in [2.45, 2.75) is 182 Å². The van der Waals surface area contributed by atoms with Gasteiger partial charge in [0, 0.05) is 117 Å². The van der Waals surface area contributed by atoms with Crippen LogP contribution in [0.4, 0.5) is 14.4 Å². The zero-order valence-corrected chi connectivity index (χ0v) is 73.4. The summed E-state index contributed by atoms with van der Waals surface area (Å²) in [5, 5.41) is 12.4. The number of carbonyl (C=O) groups excluding carboxylic acids is 3. The SMILES string of the molecule is CC(C)COC(=O)N1CCc2c([nH]c3ccc(Cl)cc23)C1c1ccc(OCCCCCCN2CCOCC2)cc1.CC(C)COC(=O)N1CCc2c([nH]c3ccc(Cl)cc23)C1c1ccc(OCCCCCCNC(C)C)cc1.COCCCNCCCCCCOc1ccc(C2c3[nH]c4ccc(Cl)cc4c3CCN2C(=O)OCC(C)C)cc1. The van der Waals surface area contributed by atoms with Crippen molar-refractivity contribution < 1.29 is 52.3 Å². The van der Waals surface area contributed by atoms with Crippen LogP contribution in [0.2, 0.25) is 15.1 Å². The molecule has 0 spiro atoms. The van der Waals surface area contributed by atoms with Crippen molar-refractivity contribution in [3.05, 3.63) is 193 Å². The molecule has 4 aliphatic rings. The van der Waals surface area contributed by atoms with Crippen molar-refractivity contribution in [1.29, 1.82) is 0 Å². The van der Waals surface area contributed by atoms with Crippen molar-refractivity contribution in [2.24, 2.45) is 17.8 Å². The number of hydrogen-bond acceptors (Lipinski definition) is 14. The van der Waals surface area contributed by atoms with Crippen molar-refractivity contribution in [2.75, 3.05) is 125 Å². The number of morpholine rings is 1. The Labute approximate surface area is 714 Å². The summed E-state index contributed by atoms with van der Waals surface area (Å²) < 4.78 is 45.6. The maximum atomic E-state index is 13.2. The molecule has 3 amide bonds. The van der Waals surface area contributed by atoms with Crippen LogP contribution in [-0.4, -0.2) is 184 Å². The summed E-state index contributed by atoms with van der Waals surface area (Å²) in [6.07, 6.45) is 16.3. The molecule has 640 valence electrons. The fraction of sp³-hybridized carbons (Fsp3) is 0.526. The zero-order chi connectivity index (χ0) is 83.3. The molecule has 118 heavy (non-hydrogen) atoms. The molecule has 3 aromatic heterocycles. The summed E-state index contributed by atoms with van der Waals surface area (Å²) in [6, 6.07) is 41.9. The molecule has 23 heteroatoms. The van der Waals surface area contributed by atoms with E-state index in [0.717, 1.165) is 188 Å². The normalized spacial score (nSPS) is 16.1. The predicted octanol–water partition coefficient (Wildman–Crippen LogP) is 21.5. The van der Waals surface area contributed by atoms with Crippen LogP contribution in [0.1, 0.15) is 207 Å². The topological polar surface area (TPSA) is 209 Å². The van der Waals surface area contributed by atoms with E-state index in [9.17, 15) is 14.4 Å². The Bertz CT molecular complexity index is 4560. The highest BCUT2D eigenvalue weighted by Gasteiger charge is 2.39. The zero-order valence-electron chi connectivity index (χ0n) is 71.1. The number of rotatable bonds is 38. The highest BCUT2D eigenvalue weighted by molar-refractivity contribution is 6.32. The van der Waals surface area contributed by atoms with Gasteiger partial charge in [0.2, 0.25) is 0 Å². The number of amides is 3. The molecule has 3 atom stereocenters. The summed E-state index contributed by atoms with van der Waals surface area (Å²) in [7, 11) is 1.74. The Morgan fingerprint density at radius 1 is 0.415 bits per heavy atom. The van der Waals surface area contributed by atoms with E-state index in [0.29, 0.717) is 80.4 Å². The van der Waals surface area contributed by atoms with Crippen molar-refractivity contribution in [1.82, 2.24) is 45.2 Å². The maximum Gasteiger partial charge on any atom is 0.410 e. The molecule has 20 nitrogen and oxygen atoms in total. The summed E-state index contributed by atoms with van der Waals surface area (Å²) in [5.41, 5.74) is 12.9. The molecule has 1 saturated heterocycles. The summed E-state index contributed by atoms with van der Waals surface area (Å²) in [6.45, 7) is 30.7. The quantitative estimate of drug-likeness (QED) is 0.0180. The van der Waals surface area contributed by atoms with Crippen LogP contribution in [-0.2, 0) is 42.9 Å². The van der Waals surface area contributed by atoms with Gasteiger partial charge in [0.1, 0.15) is 35.4 Å². The standard InChI is InChI=1S/C32H42ClN3O4.C32H44ClN3O4.C31H42ClN3O3/c1-23(2)22-40-32(37)36-15-13-27-28-21-25(33)9-12-29(28)34-30(27)31(36)24-7-10-26(11-8-24)39-18-6-4-3-5-14-35-16-19-38-20-17-35;1-23(2)22-40-32(37)36-18-15-27-28-21-25(33)11-14-29(28)35-30(27)31(36)24-9-12-26(13-10-24)39-20-7-5-4-6-16-34-17-8-19-38-3;1-21(2)20-38-31(36)35-17-15-26-27-19-24(32)11-14-28(27)34-29(26)30(35)23-9-12-25(13-10-23)37-18-8-6-5-7-16-33-22(3)4/h7-12,21,23,31,34H,3-6,13-20,22H2,1-2H3;9-14,21,23,31,34-35H,4-8,15-20,22H2,1-3H3;9-14,19,21-22,30,33-34H,5-8,15-18,20H2,1-4H3. The van der Waals surface area contributed by atoms with Crippen LogP contribution in [0.25, 0.3) is 32.7 Å². The number of hydrogen-bond donors (Lipinski definition) is 5. The third-order valence-electron chi connectivity index (χ3n) is 22.0. The monoisotopic (exact) mass is 1680 g/mol. The lowest BCUT2D eigenvalue weighted by atomic mass is 9.92. The van der Waals surface area contributed by atoms with Crippen molar-refractivity contribution >= 4 is 85.8 Å². The number of aromatic amines is 3. The molecule has 0 radical (unpaired) electrons. The largest absolute Gasteiger partial charge is 0.494 e. The van der Waals surface area contributed by atoms with Gasteiger partial charge in [0.05, 0.1) is 52.9 Å². The smallest absolute Gasteiger partial charge is 0.410 e. The number of fused-ring (bicyclic) bond motifs is 9. The molecule has 1 fully saturated rings. The molecule has 0 bridgehead atoms. The van der Waals surface area contributed by atoms with Crippen LogP contribution in [0.5, 0.6) is 17.2 Å². The fourth-order valence-electron chi connectivity index (χ4n) is 15.9. The Hall–Kier alpha value is -8.18. The number of carbonyl (C=O) groups is 3. The third kappa shape index (κ3) is 26.2. The first-order chi connectivity index (χ1) is 57.3. The molecule has 4 aliphatic heterocycles. The number of unbranched alkanes of at least 4 members (excludes halogenated alkanes) is 9. The van der Waals surface area contributed by atoms with Crippen molar-refractivity contribution in [3.8, 4) is 17.2 Å². The molecular formula is C95H128Cl3N9O11. The average Bonchev–Trinajstić information content (AvgIpc) is 1.60. The van der Waals surface area contributed by atoms with Crippen LogP contribution >= 0.6 is 34.8 Å². The Kier molecular flexibility index (Phi) is 35.7. The van der Waals surface area contributed by atoms with Gasteiger partial charge in [-0.3, -0.25) is 19.6 Å². The van der Waals surface area contributed by atoms with E-state index in [4.69, 9.17) is 72.7 Å². The van der Waals surface area contributed by atoms with Gasteiger partial charge in [-0.2, -0.15) is 0 Å². The van der Waals surface area contributed by atoms with Gasteiger partial charge in [-0.1, -0.05) is 165 Å². The van der Waals surface area contributed by atoms with Crippen LogP contribution in [0.3, 0.4) is 0 Å². The molecule has 9 aromatic rings. The second kappa shape index (κ2) is 46.6. The number of nitrogens with zero attached hydrogens (tertiary/aromatic N) is 4. The van der Waals surface area contributed by atoms with Gasteiger partial charge in [-0.25, -0.2) is 14.4 Å². The highest BCUT2D eigenvalue weighted by atomic mass is 35.5. The van der Waals surface area contributed by atoms with Gasteiger partial charge in [-0.15, -0.1) is 0 Å². The average molecular weight is 1680 g/mol. The fourth-order valence-corrected chi connectivity index (χ4v) is 16.5. The van der Waals surface area contributed by atoms with Gasteiger partial charge in [-0.05, 0) is 233 Å². The number of H-pyrrole nitrogens is 3. The van der Waals surface area contributed by atoms with E-state index >= 15 is 0 Å². The predicted molar refractivity (Wildman–Crippen MR) is 476 cm³/mol. The van der Waals surface area contributed by atoms with E-state index in [-0.39, 0.29) is 54.2 Å². The maximum absolute atomic E-state index is 13.2. The molecule has 5 N–H and O–H groups in total. The first kappa shape index (κ1) is 90.6.